The third-order valence-corrected chi connectivity index (χ3v) is 8.15. The lowest BCUT2D eigenvalue weighted by atomic mass is 9.98. The van der Waals surface area contributed by atoms with Crippen LogP contribution in [0.25, 0.3) is 0 Å². The quantitative estimate of drug-likeness (QED) is 0.0577. The molecule has 358 valence electrons. The fourth-order valence-electron chi connectivity index (χ4n) is 3.60. The number of hydrogen-bond donors (Lipinski definition) is 9. The highest BCUT2D eigenvalue weighted by Gasteiger charge is 2.09. The third-order valence-electron chi connectivity index (χ3n) is 8.15. The summed E-state index contributed by atoms with van der Waals surface area (Å²) >= 11 is 0. The Labute approximate surface area is 358 Å². The fourth-order valence-corrected chi connectivity index (χ4v) is 3.60. The van der Waals surface area contributed by atoms with Gasteiger partial charge in [-0.1, -0.05) is 118 Å². The zero-order valence-electron chi connectivity index (χ0n) is 42.1. The summed E-state index contributed by atoms with van der Waals surface area (Å²) in [5.41, 5.74) is 5.23. The van der Waals surface area contributed by atoms with Crippen molar-refractivity contribution in [3.05, 3.63) is 0 Å². The monoisotopic (exact) mass is 833 g/mol. The van der Waals surface area contributed by atoms with Gasteiger partial charge in [-0.15, -0.1) is 0 Å². The summed E-state index contributed by atoms with van der Waals surface area (Å²) < 4.78 is 0. The van der Waals surface area contributed by atoms with E-state index in [1.807, 2.05) is 41.5 Å². The van der Waals surface area contributed by atoms with Crippen molar-refractivity contribution in [1.29, 1.82) is 0 Å². The van der Waals surface area contributed by atoms with E-state index in [0.29, 0.717) is 61.7 Å². The van der Waals surface area contributed by atoms with E-state index < -0.39 is 6.10 Å². The average molecular weight is 833 g/mol. The van der Waals surface area contributed by atoms with Crippen molar-refractivity contribution >= 4 is 0 Å². The van der Waals surface area contributed by atoms with Crippen molar-refractivity contribution in [3.8, 4) is 0 Å². The van der Waals surface area contributed by atoms with Crippen LogP contribution in [0.4, 0.5) is 0 Å². The van der Waals surface area contributed by atoms with Crippen LogP contribution in [0.15, 0.2) is 0 Å². The maximum absolute atomic E-state index is 8.78. The van der Waals surface area contributed by atoms with Crippen molar-refractivity contribution in [2.24, 2.45) is 64.9 Å². The van der Waals surface area contributed by atoms with Crippen molar-refractivity contribution < 1.29 is 40.9 Å². The van der Waals surface area contributed by atoms with Gasteiger partial charge in [-0.25, -0.2) is 0 Å². The van der Waals surface area contributed by atoms with Gasteiger partial charge in [0.25, 0.3) is 0 Å². The molecule has 0 bridgehead atoms. The van der Waals surface area contributed by atoms with E-state index in [9.17, 15) is 0 Å². The lowest BCUT2D eigenvalue weighted by Crippen LogP contribution is -2.17. The highest BCUT2D eigenvalue weighted by Crippen LogP contribution is 2.08. The molecule has 10 heteroatoms. The van der Waals surface area contributed by atoms with E-state index in [0.717, 1.165) is 56.4 Å². The van der Waals surface area contributed by atoms with E-state index in [-0.39, 0.29) is 31.8 Å². The van der Waals surface area contributed by atoms with Crippen LogP contribution in [0.1, 0.15) is 170 Å². The Balaban J connectivity index is -0.0000000804. The molecule has 0 aromatic heterocycles. The minimum absolute atomic E-state index is 0.0648. The normalized spacial score (nSPS) is 12.3. The lowest BCUT2D eigenvalue weighted by molar-refractivity contribution is 0.0782. The third kappa shape index (κ3) is 107. The molecule has 0 spiro atoms. The molecule has 0 aliphatic heterocycles. The first-order valence-electron chi connectivity index (χ1n) is 22.5. The van der Waals surface area contributed by atoms with Crippen molar-refractivity contribution in [2.75, 3.05) is 66.8 Å². The van der Waals surface area contributed by atoms with Crippen molar-refractivity contribution in [1.82, 2.24) is 4.90 Å². The van der Waals surface area contributed by atoms with Crippen molar-refractivity contribution in [2.45, 2.75) is 182 Å². The molecule has 0 aromatic carbocycles. The highest BCUT2D eigenvalue weighted by molar-refractivity contribution is 4.58. The molecule has 0 aliphatic rings. The first kappa shape index (κ1) is 74.1. The highest BCUT2D eigenvalue weighted by atomic mass is 16.3. The van der Waals surface area contributed by atoms with Gasteiger partial charge in [0, 0.05) is 39.0 Å². The van der Waals surface area contributed by atoms with Gasteiger partial charge in [-0.05, 0) is 132 Å². The van der Waals surface area contributed by atoms with Gasteiger partial charge < -0.3 is 51.5 Å². The number of hydrogen-bond acceptors (Lipinski definition) is 10. The first-order chi connectivity index (χ1) is 26.1. The Bertz CT molecular complexity index is 619. The summed E-state index contributed by atoms with van der Waals surface area (Å²) in [7, 11) is 4.23. The predicted molar refractivity (Wildman–Crippen MR) is 251 cm³/mol. The van der Waals surface area contributed by atoms with Gasteiger partial charge in [-0.3, -0.25) is 0 Å². The summed E-state index contributed by atoms with van der Waals surface area (Å²) in [6, 6.07) is 0. The predicted octanol–water partition coefficient (Wildman–Crippen LogP) is 8.34. The Hall–Kier alpha value is -0.400. The number of nitrogens with two attached hydrogens (primary N) is 1. The van der Waals surface area contributed by atoms with Gasteiger partial charge in [-0.2, -0.15) is 0 Å². The molecular weight excluding hydrogens is 721 g/mol. The van der Waals surface area contributed by atoms with Crippen LogP contribution in [-0.2, 0) is 0 Å². The Morgan fingerprint density at radius 3 is 0.895 bits per heavy atom. The van der Waals surface area contributed by atoms with E-state index in [1.54, 1.807) is 0 Å². The summed E-state index contributed by atoms with van der Waals surface area (Å²) in [4.78, 5) is 2.22. The fraction of sp³-hybridized carbons (Fsp3) is 1.00. The Morgan fingerprint density at radius 1 is 0.439 bits per heavy atom. The second-order valence-electron chi connectivity index (χ2n) is 18.8. The maximum Gasteiger partial charge on any atom is 0.0773 e. The molecule has 57 heavy (non-hydrogen) atoms. The number of nitrogens with zero attached hydrogens (tertiary/aromatic N) is 1. The van der Waals surface area contributed by atoms with Crippen LogP contribution in [0.2, 0.25) is 0 Å². The Morgan fingerprint density at radius 2 is 0.842 bits per heavy atom. The molecule has 3 unspecified atom stereocenters. The van der Waals surface area contributed by atoms with Gasteiger partial charge in [0.05, 0.1) is 18.8 Å². The number of rotatable bonds is 20. The molecule has 0 rings (SSSR count). The van der Waals surface area contributed by atoms with E-state index in [1.165, 1.54) is 13.0 Å². The van der Waals surface area contributed by atoms with Gasteiger partial charge in [0.1, 0.15) is 0 Å². The molecule has 0 heterocycles. The van der Waals surface area contributed by atoms with Crippen molar-refractivity contribution in [3.63, 3.8) is 0 Å². The molecule has 0 saturated carbocycles. The van der Waals surface area contributed by atoms with Crippen LogP contribution in [0.3, 0.4) is 0 Å². The van der Waals surface area contributed by atoms with Crippen LogP contribution in [-0.4, -0.2) is 125 Å². The summed E-state index contributed by atoms with van der Waals surface area (Å²) in [6.45, 7) is 40.8. The molecule has 3 atom stereocenters. The van der Waals surface area contributed by atoms with Gasteiger partial charge in [0.2, 0.25) is 0 Å². The summed E-state index contributed by atoms with van der Waals surface area (Å²) in [5.74, 6) is 5.62. The number of aliphatic hydroxyl groups excluding tert-OH is 8. The topological polar surface area (TPSA) is 191 Å². The van der Waals surface area contributed by atoms with Crippen LogP contribution < -0.4 is 5.73 Å². The molecule has 10 nitrogen and oxygen atoms in total. The average Bonchev–Trinajstić information content (AvgIpc) is 3.07. The molecule has 0 radical (unpaired) electrons. The summed E-state index contributed by atoms with van der Waals surface area (Å²) in [6.07, 6.45) is 6.47. The molecule has 0 saturated heterocycles. The van der Waals surface area contributed by atoms with Gasteiger partial charge >= 0.3 is 0 Å². The Kier molecular flexibility index (Phi) is 75.0. The van der Waals surface area contributed by atoms with E-state index in [2.05, 4.69) is 102 Å². The minimum atomic E-state index is -0.519. The van der Waals surface area contributed by atoms with Gasteiger partial charge in [0.15, 0.2) is 0 Å². The molecule has 0 amide bonds. The van der Waals surface area contributed by atoms with Crippen LogP contribution in [0, 0.1) is 59.2 Å². The first-order valence-corrected chi connectivity index (χ1v) is 22.5. The SMILES string of the molecule is CC(C)C(C)CO.CC(C)C(CO)CO.CC(C)CC(C)O.CC(C)CC(O)CO.CC(C)CCCO.CC(C)CCN.CC(C)CCN(C)C.CC(C)CCO. The largest absolute Gasteiger partial charge is 0.396 e. The van der Waals surface area contributed by atoms with E-state index >= 15 is 0 Å². The second kappa shape index (κ2) is 57.7. The number of aliphatic hydroxyl groups is 8. The summed E-state index contributed by atoms with van der Waals surface area (Å²) in [5, 5.41) is 68.0. The second-order valence-corrected chi connectivity index (χ2v) is 18.8. The standard InChI is InChI=1S/C7H17N.2C6H14O2.3C6H14O.C5H13N.C5H12O/c1-7(2)5-6-8(3)4;1-5(2)6(3-7)4-8;1-5(2)3-6(8)4-7;1-5(2)6(3)4-7;1-5(2)4-6(3)7;1-6(2)4-3-5-7;2*1-5(2)3-4-6/h7H,5-6H2,1-4H3;2*5-8H,3-4H2,1-2H3;2*5-7H,4H2,1-3H3;6-7H,3-5H2,1-2H3;5H,3-4,6H2,1-2H3;5-6H,3-4H2,1-2H3. The molecule has 0 fully saturated rings. The molecule has 0 aliphatic carbocycles. The zero-order valence-corrected chi connectivity index (χ0v) is 42.1. The van der Waals surface area contributed by atoms with Crippen LogP contribution >= 0.6 is 0 Å². The minimum Gasteiger partial charge on any atom is -0.396 e. The smallest absolute Gasteiger partial charge is 0.0773 e. The molecule has 10 N–H and O–H groups in total. The molecular formula is C47H112N2O8. The van der Waals surface area contributed by atoms with Crippen LogP contribution in [0.5, 0.6) is 0 Å². The maximum atomic E-state index is 8.78. The lowest BCUT2D eigenvalue weighted by Gasteiger charge is -2.13. The van der Waals surface area contributed by atoms with E-state index in [4.69, 9.17) is 46.6 Å². The zero-order chi connectivity index (χ0) is 47.1. The molecule has 0 aromatic rings.